The first-order valence-electron chi connectivity index (χ1n) is 3.65. The Morgan fingerprint density at radius 2 is 2.21 bits per heavy atom. The molecule has 1 heterocycles. The van der Waals surface area contributed by atoms with Crippen molar-refractivity contribution in [2.45, 2.75) is 12.8 Å². The molecule has 0 bridgehead atoms. The fourth-order valence-electron chi connectivity index (χ4n) is 0.886. The van der Waals surface area contributed by atoms with Crippen LogP contribution in [0.2, 0.25) is 0 Å². The fourth-order valence-corrected chi connectivity index (χ4v) is 0.886. The molecule has 3 nitrogen and oxygen atoms in total. The third kappa shape index (κ3) is 2.45. The summed E-state index contributed by atoms with van der Waals surface area (Å²) < 4.78 is 36.9. The first-order valence-corrected chi connectivity index (χ1v) is 3.65. The topological polar surface area (TPSA) is 50.2 Å². The molecule has 0 atom stereocenters. The molecule has 0 fully saturated rings. The van der Waals surface area contributed by atoms with Crippen molar-refractivity contribution in [3.8, 4) is 0 Å². The number of carbonyl (C=O) groups is 1. The van der Waals surface area contributed by atoms with Gasteiger partial charge in [0, 0.05) is 17.8 Å². The molecule has 1 aromatic heterocycles. The number of hydrogen-bond acceptors (Lipinski definition) is 2. The van der Waals surface area contributed by atoms with E-state index in [1.54, 1.807) is 0 Å². The van der Waals surface area contributed by atoms with Crippen molar-refractivity contribution in [1.29, 1.82) is 0 Å². The van der Waals surface area contributed by atoms with Crippen LogP contribution in [-0.4, -0.2) is 16.1 Å². The lowest BCUT2D eigenvalue weighted by Gasteiger charge is -2.02. The van der Waals surface area contributed by atoms with Gasteiger partial charge in [-0.05, 0) is 0 Å². The van der Waals surface area contributed by atoms with Gasteiger partial charge in [-0.25, -0.2) is 13.2 Å². The Labute approximate surface area is 77.2 Å². The van der Waals surface area contributed by atoms with Crippen LogP contribution in [0.3, 0.4) is 0 Å². The van der Waals surface area contributed by atoms with Gasteiger partial charge in [-0.2, -0.15) is 0 Å². The third-order valence-electron chi connectivity index (χ3n) is 1.52. The smallest absolute Gasteiger partial charge is 0.307 e. The number of rotatable bonds is 3. The van der Waals surface area contributed by atoms with Crippen LogP contribution in [0.25, 0.3) is 0 Å². The summed E-state index contributed by atoms with van der Waals surface area (Å²) in [4.78, 5) is 13.4. The van der Waals surface area contributed by atoms with Crippen molar-refractivity contribution in [2.24, 2.45) is 0 Å². The van der Waals surface area contributed by atoms with Gasteiger partial charge in [0.15, 0.2) is 0 Å². The Morgan fingerprint density at radius 1 is 1.57 bits per heavy atom. The van der Waals surface area contributed by atoms with Gasteiger partial charge in [-0.3, -0.25) is 9.78 Å². The minimum absolute atomic E-state index is 0.207. The highest BCUT2D eigenvalue weighted by Gasteiger charge is 2.13. The number of halogens is 3. The lowest BCUT2D eigenvalue weighted by atomic mass is 10.2. The van der Waals surface area contributed by atoms with Crippen molar-refractivity contribution >= 4 is 5.97 Å². The van der Waals surface area contributed by atoms with E-state index >= 15 is 0 Å². The van der Waals surface area contributed by atoms with Crippen molar-refractivity contribution in [3.63, 3.8) is 0 Å². The Balaban J connectivity index is 2.95. The second kappa shape index (κ2) is 4.08. The Bertz CT molecular complexity index is 354. The summed E-state index contributed by atoms with van der Waals surface area (Å²) in [7, 11) is 0. The number of carboxylic acids is 1. The molecular weight excluding hydrogens is 199 g/mol. The molecule has 0 amide bonds. The zero-order valence-electron chi connectivity index (χ0n) is 6.88. The molecule has 0 saturated heterocycles. The number of pyridine rings is 1. The molecule has 0 aliphatic heterocycles. The van der Waals surface area contributed by atoms with Gasteiger partial charge in [0.25, 0.3) is 6.43 Å². The van der Waals surface area contributed by atoms with Crippen LogP contribution in [0, 0.1) is 5.82 Å². The Kier molecular flexibility index (Phi) is 3.06. The highest BCUT2D eigenvalue weighted by atomic mass is 19.3. The van der Waals surface area contributed by atoms with E-state index in [4.69, 9.17) is 5.11 Å². The maximum absolute atomic E-state index is 12.9. The zero-order chi connectivity index (χ0) is 10.7. The minimum atomic E-state index is -2.86. The lowest BCUT2D eigenvalue weighted by molar-refractivity contribution is -0.136. The molecule has 0 aliphatic rings. The summed E-state index contributed by atoms with van der Waals surface area (Å²) in [6.45, 7) is 0. The van der Waals surface area contributed by atoms with Crippen molar-refractivity contribution in [2.75, 3.05) is 0 Å². The van der Waals surface area contributed by atoms with Crippen LogP contribution in [-0.2, 0) is 11.2 Å². The van der Waals surface area contributed by atoms with E-state index in [0.29, 0.717) is 6.07 Å². The van der Waals surface area contributed by atoms with E-state index in [1.807, 2.05) is 0 Å². The standard InChI is InChI=1S/C8H6F3NO2/c9-5-2-6(8(10)11)12-3-4(5)1-7(13)14/h2-3,8H,1H2,(H,13,14). The number of alkyl halides is 2. The molecular formula is C8H6F3NO2. The Morgan fingerprint density at radius 3 is 2.64 bits per heavy atom. The number of carboxylic acid groups (broad SMARTS) is 1. The first-order chi connectivity index (χ1) is 6.50. The predicted molar refractivity (Wildman–Crippen MR) is 40.5 cm³/mol. The summed E-state index contributed by atoms with van der Waals surface area (Å²) in [5.74, 6) is -2.21. The number of hydrogen-bond donors (Lipinski definition) is 1. The van der Waals surface area contributed by atoms with Crippen LogP contribution < -0.4 is 0 Å². The first kappa shape index (κ1) is 10.5. The van der Waals surface area contributed by atoms with Gasteiger partial charge in [0.05, 0.1) is 6.42 Å². The molecule has 0 unspecified atom stereocenters. The SMILES string of the molecule is O=C(O)Cc1cnc(C(F)F)cc1F. The maximum Gasteiger partial charge on any atom is 0.307 e. The van der Waals surface area contributed by atoms with E-state index in [2.05, 4.69) is 4.98 Å². The van der Waals surface area contributed by atoms with E-state index in [0.717, 1.165) is 6.20 Å². The van der Waals surface area contributed by atoms with Gasteiger partial charge < -0.3 is 5.11 Å². The molecule has 0 aromatic carbocycles. The minimum Gasteiger partial charge on any atom is -0.481 e. The van der Waals surface area contributed by atoms with Gasteiger partial charge in [0.2, 0.25) is 0 Å². The molecule has 0 saturated carbocycles. The normalized spacial score (nSPS) is 10.6. The molecule has 0 aliphatic carbocycles. The van der Waals surface area contributed by atoms with Crippen molar-refractivity contribution < 1.29 is 23.1 Å². The maximum atomic E-state index is 12.9. The lowest BCUT2D eigenvalue weighted by Crippen LogP contribution is -2.04. The summed E-state index contributed by atoms with van der Waals surface area (Å²) in [6.07, 6.45) is -2.61. The van der Waals surface area contributed by atoms with Gasteiger partial charge >= 0.3 is 5.97 Å². The van der Waals surface area contributed by atoms with Crippen LogP contribution in [0.15, 0.2) is 12.3 Å². The molecule has 0 spiro atoms. The predicted octanol–water partition coefficient (Wildman–Crippen LogP) is 1.79. The third-order valence-corrected chi connectivity index (χ3v) is 1.52. The molecule has 14 heavy (non-hydrogen) atoms. The summed E-state index contributed by atoms with van der Waals surface area (Å²) in [6, 6.07) is 0.545. The zero-order valence-corrected chi connectivity index (χ0v) is 6.88. The quantitative estimate of drug-likeness (QED) is 0.818. The molecule has 1 N–H and O–H groups in total. The van der Waals surface area contributed by atoms with Gasteiger partial charge in [-0.15, -0.1) is 0 Å². The summed E-state index contributed by atoms with van der Waals surface area (Å²) in [5, 5.41) is 8.33. The van der Waals surface area contributed by atoms with Crippen LogP contribution in [0.5, 0.6) is 0 Å². The average molecular weight is 205 g/mol. The molecule has 1 aromatic rings. The number of nitrogens with zero attached hydrogens (tertiary/aromatic N) is 1. The molecule has 0 radical (unpaired) electrons. The van der Waals surface area contributed by atoms with Gasteiger partial charge in [-0.1, -0.05) is 0 Å². The number of aromatic nitrogens is 1. The van der Waals surface area contributed by atoms with Crippen LogP contribution >= 0.6 is 0 Å². The van der Waals surface area contributed by atoms with Crippen LogP contribution in [0.4, 0.5) is 13.2 Å². The second-order valence-electron chi connectivity index (χ2n) is 2.57. The van der Waals surface area contributed by atoms with Gasteiger partial charge in [0.1, 0.15) is 11.5 Å². The highest BCUT2D eigenvalue weighted by molar-refractivity contribution is 5.70. The van der Waals surface area contributed by atoms with E-state index in [-0.39, 0.29) is 5.56 Å². The fraction of sp³-hybridized carbons (Fsp3) is 0.250. The molecule has 76 valence electrons. The summed E-state index contributed by atoms with van der Waals surface area (Å²) in [5.41, 5.74) is -0.904. The Hall–Kier alpha value is -1.59. The van der Waals surface area contributed by atoms with Crippen molar-refractivity contribution in [1.82, 2.24) is 4.98 Å². The number of aliphatic carboxylic acids is 1. The molecule has 6 heteroatoms. The van der Waals surface area contributed by atoms with Crippen LogP contribution in [0.1, 0.15) is 17.7 Å². The largest absolute Gasteiger partial charge is 0.481 e. The monoisotopic (exact) mass is 205 g/mol. The summed E-state index contributed by atoms with van der Waals surface area (Å²) >= 11 is 0. The average Bonchev–Trinajstić information content (AvgIpc) is 2.07. The van der Waals surface area contributed by atoms with E-state index in [1.165, 1.54) is 0 Å². The second-order valence-corrected chi connectivity index (χ2v) is 2.57. The van der Waals surface area contributed by atoms with E-state index in [9.17, 15) is 18.0 Å². The van der Waals surface area contributed by atoms with Crippen molar-refractivity contribution in [3.05, 3.63) is 29.3 Å². The molecule has 1 rings (SSSR count). The highest BCUT2D eigenvalue weighted by Crippen LogP contribution is 2.18. The van der Waals surface area contributed by atoms with E-state index < -0.39 is 30.3 Å².